The van der Waals surface area contributed by atoms with Crippen molar-refractivity contribution in [2.45, 2.75) is 11.8 Å². The molecule has 11 heteroatoms. The monoisotopic (exact) mass is 555 g/mol. The minimum atomic E-state index is -4.14. The van der Waals surface area contributed by atoms with E-state index in [2.05, 4.69) is 0 Å². The molecule has 0 unspecified atom stereocenters. The lowest BCUT2D eigenvalue weighted by atomic mass is 10.2. The third-order valence-corrected chi connectivity index (χ3v) is 7.47. The SMILES string of the molecule is CCOc1cc(/C=C2\SC(=O)N(CCOc3ccccc3)C2=O)ccc1OS(=O)(=O)c1ccc(OC)cc1. The molecule has 1 fully saturated rings. The minimum Gasteiger partial charge on any atom is -0.497 e. The Kier molecular flexibility index (Phi) is 8.59. The third kappa shape index (κ3) is 6.48. The van der Waals surface area contributed by atoms with E-state index in [1.54, 1.807) is 37.3 Å². The molecule has 2 amide bonds. The van der Waals surface area contributed by atoms with Gasteiger partial charge in [0.2, 0.25) is 0 Å². The van der Waals surface area contributed by atoms with E-state index in [-0.39, 0.29) is 41.1 Å². The van der Waals surface area contributed by atoms with Crippen LogP contribution < -0.4 is 18.4 Å². The Morgan fingerprint density at radius 3 is 2.32 bits per heavy atom. The lowest BCUT2D eigenvalue weighted by Crippen LogP contribution is -2.32. The van der Waals surface area contributed by atoms with Crippen molar-refractivity contribution in [1.82, 2.24) is 4.90 Å². The molecule has 4 rings (SSSR count). The molecule has 0 atom stereocenters. The summed E-state index contributed by atoms with van der Waals surface area (Å²) in [5, 5.41) is -0.395. The number of ether oxygens (including phenoxy) is 3. The number of thioether (sulfide) groups is 1. The average molecular weight is 556 g/mol. The first-order valence-corrected chi connectivity index (χ1v) is 13.8. The summed E-state index contributed by atoms with van der Waals surface area (Å²) in [4.78, 5) is 26.6. The Labute approximate surface area is 225 Å². The molecule has 3 aromatic rings. The first kappa shape index (κ1) is 27.1. The third-order valence-electron chi connectivity index (χ3n) is 5.31. The fraction of sp³-hybridized carbons (Fsp3) is 0.185. The molecule has 38 heavy (non-hydrogen) atoms. The second-order valence-corrected chi connectivity index (χ2v) is 10.4. The number of hydrogen-bond donors (Lipinski definition) is 0. The van der Waals surface area contributed by atoms with Crippen molar-refractivity contribution in [1.29, 1.82) is 0 Å². The van der Waals surface area contributed by atoms with Crippen LogP contribution in [-0.2, 0) is 14.9 Å². The molecular formula is C27H25NO8S2. The summed E-state index contributed by atoms with van der Waals surface area (Å²) in [7, 11) is -2.66. The van der Waals surface area contributed by atoms with Crippen LogP contribution in [0.25, 0.3) is 6.08 Å². The van der Waals surface area contributed by atoms with E-state index in [1.165, 1.54) is 37.4 Å². The molecule has 1 aliphatic rings. The highest BCUT2D eigenvalue weighted by atomic mass is 32.2. The van der Waals surface area contributed by atoms with Crippen LogP contribution in [0.1, 0.15) is 12.5 Å². The summed E-state index contributed by atoms with van der Waals surface area (Å²) >= 11 is 0.821. The highest BCUT2D eigenvalue weighted by Crippen LogP contribution is 2.35. The molecule has 0 aliphatic carbocycles. The van der Waals surface area contributed by atoms with Crippen molar-refractivity contribution >= 4 is 39.1 Å². The first-order valence-electron chi connectivity index (χ1n) is 11.6. The van der Waals surface area contributed by atoms with Gasteiger partial charge in [-0.15, -0.1) is 0 Å². The molecule has 0 spiro atoms. The predicted molar refractivity (Wildman–Crippen MR) is 143 cm³/mol. The number of methoxy groups -OCH3 is 1. The number of benzene rings is 3. The van der Waals surface area contributed by atoms with Crippen LogP contribution in [0.3, 0.4) is 0 Å². The van der Waals surface area contributed by atoms with Crippen molar-refractivity contribution in [2.75, 3.05) is 26.9 Å². The smallest absolute Gasteiger partial charge is 0.339 e. The summed E-state index contributed by atoms with van der Waals surface area (Å²) in [6.07, 6.45) is 1.55. The summed E-state index contributed by atoms with van der Waals surface area (Å²) in [6, 6.07) is 19.5. The molecule has 9 nitrogen and oxygen atoms in total. The number of amides is 2. The summed E-state index contributed by atoms with van der Waals surface area (Å²) in [5.74, 6) is 0.892. The molecule has 0 radical (unpaired) electrons. The molecule has 0 bridgehead atoms. The van der Waals surface area contributed by atoms with Crippen LogP contribution in [0.5, 0.6) is 23.0 Å². The molecule has 0 saturated carbocycles. The Hall–Kier alpha value is -3.96. The number of imide groups is 1. The van der Waals surface area contributed by atoms with Gasteiger partial charge < -0.3 is 18.4 Å². The van der Waals surface area contributed by atoms with Crippen molar-refractivity contribution < 1.29 is 36.4 Å². The van der Waals surface area contributed by atoms with Gasteiger partial charge >= 0.3 is 10.1 Å². The maximum Gasteiger partial charge on any atom is 0.339 e. The van der Waals surface area contributed by atoms with Crippen molar-refractivity contribution in [3.05, 3.63) is 83.3 Å². The van der Waals surface area contributed by atoms with Crippen molar-refractivity contribution in [2.24, 2.45) is 0 Å². The molecular weight excluding hydrogens is 530 g/mol. The number of carbonyl (C=O) groups excluding carboxylic acids is 2. The molecule has 1 aliphatic heterocycles. The van der Waals surface area contributed by atoms with Gasteiger partial charge in [0.05, 0.1) is 25.2 Å². The van der Waals surface area contributed by atoms with Gasteiger partial charge in [0.15, 0.2) is 11.5 Å². The van der Waals surface area contributed by atoms with Crippen LogP contribution in [0.15, 0.2) is 82.6 Å². The Balaban J connectivity index is 1.48. The fourth-order valence-electron chi connectivity index (χ4n) is 3.48. The molecule has 198 valence electrons. The predicted octanol–water partition coefficient (Wildman–Crippen LogP) is 4.98. The van der Waals surface area contributed by atoms with Gasteiger partial charge in [0.1, 0.15) is 23.0 Å². The van der Waals surface area contributed by atoms with Gasteiger partial charge in [-0.1, -0.05) is 24.3 Å². The zero-order chi connectivity index (χ0) is 27.1. The molecule has 0 N–H and O–H groups in total. The van der Waals surface area contributed by atoms with Crippen LogP contribution >= 0.6 is 11.8 Å². The van der Waals surface area contributed by atoms with Gasteiger partial charge in [0.25, 0.3) is 11.1 Å². The van der Waals surface area contributed by atoms with Gasteiger partial charge in [-0.05, 0) is 78.9 Å². The van der Waals surface area contributed by atoms with Crippen LogP contribution in [0.4, 0.5) is 4.79 Å². The number of para-hydroxylation sites is 1. The molecule has 1 saturated heterocycles. The van der Waals surface area contributed by atoms with E-state index < -0.39 is 21.3 Å². The average Bonchev–Trinajstić information content (AvgIpc) is 3.18. The van der Waals surface area contributed by atoms with Crippen LogP contribution in [0.2, 0.25) is 0 Å². The van der Waals surface area contributed by atoms with Gasteiger partial charge in [0, 0.05) is 0 Å². The Morgan fingerprint density at radius 2 is 1.63 bits per heavy atom. The lowest BCUT2D eigenvalue weighted by molar-refractivity contribution is -0.123. The second-order valence-electron chi connectivity index (χ2n) is 7.85. The maximum atomic E-state index is 12.8. The van der Waals surface area contributed by atoms with Gasteiger partial charge in [-0.25, -0.2) is 0 Å². The summed E-state index contributed by atoms with van der Waals surface area (Å²) in [5.41, 5.74) is 0.536. The normalized spacial score (nSPS) is 14.6. The maximum absolute atomic E-state index is 12.8. The van der Waals surface area contributed by atoms with Crippen molar-refractivity contribution in [3.8, 4) is 23.0 Å². The van der Waals surface area contributed by atoms with E-state index in [0.29, 0.717) is 17.1 Å². The largest absolute Gasteiger partial charge is 0.497 e. The number of nitrogens with zero attached hydrogens (tertiary/aromatic N) is 1. The zero-order valence-electron chi connectivity index (χ0n) is 20.7. The van der Waals surface area contributed by atoms with E-state index in [9.17, 15) is 18.0 Å². The van der Waals surface area contributed by atoms with E-state index in [1.807, 2.05) is 18.2 Å². The number of carbonyl (C=O) groups is 2. The topological polar surface area (TPSA) is 108 Å². The second kappa shape index (κ2) is 12.1. The number of rotatable bonds is 11. The minimum absolute atomic E-state index is 0.00835. The van der Waals surface area contributed by atoms with E-state index >= 15 is 0 Å². The molecule has 0 aromatic heterocycles. The molecule has 3 aromatic carbocycles. The molecule has 1 heterocycles. The quantitative estimate of drug-likeness (QED) is 0.239. The highest BCUT2D eigenvalue weighted by molar-refractivity contribution is 8.18. The van der Waals surface area contributed by atoms with Crippen LogP contribution in [-0.4, -0.2) is 51.3 Å². The Morgan fingerprint density at radius 1 is 0.895 bits per heavy atom. The standard InChI is InChI=1S/C27H25NO8S2/c1-3-34-24-17-19(9-14-23(24)36-38(31,32)22-12-10-20(33-2)11-13-22)18-25-26(29)28(27(30)37-25)15-16-35-21-7-5-4-6-8-21/h4-14,17-18H,3,15-16H2,1-2H3/b25-18-. The summed E-state index contributed by atoms with van der Waals surface area (Å²) < 4.78 is 47.2. The van der Waals surface area contributed by atoms with Gasteiger partial charge in [-0.3, -0.25) is 14.5 Å². The van der Waals surface area contributed by atoms with E-state index in [0.717, 1.165) is 16.7 Å². The van der Waals surface area contributed by atoms with E-state index in [4.69, 9.17) is 18.4 Å². The number of hydrogen-bond acceptors (Lipinski definition) is 9. The lowest BCUT2D eigenvalue weighted by Gasteiger charge is -2.13. The van der Waals surface area contributed by atoms with Crippen molar-refractivity contribution in [3.63, 3.8) is 0 Å². The summed E-state index contributed by atoms with van der Waals surface area (Å²) in [6.45, 7) is 2.27. The van der Waals surface area contributed by atoms with Gasteiger partial charge in [-0.2, -0.15) is 8.42 Å². The fourth-order valence-corrected chi connectivity index (χ4v) is 5.28. The van der Waals surface area contributed by atoms with Crippen LogP contribution in [0, 0.1) is 0 Å². The first-order chi connectivity index (χ1) is 18.3. The zero-order valence-corrected chi connectivity index (χ0v) is 22.3. The highest BCUT2D eigenvalue weighted by Gasteiger charge is 2.35. The Bertz CT molecular complexity index is 1440.